The van der Waals surface area contributed by atoms with Gasteiger partial charge in [-0.1, -0.05) is 0 Å². The molecule has 3 nitrogen and oxygen atoms in total. The van der Waals surface area contributed by atoms with Crippen LogP contribution in [0.1, 0.15) is 5.56 Å². The average Bonchev–Trinajstić information content (AvgIpc) is 2.71. The van der Waals surface area contributed by atoms with Gasteiger partial charge in [-0.3, -0.25) is 0 Å². The van der Waals surface area contributed by atoms with Crippen LogP contribution >= 0.6 is 23.3 Å². The normalized spacial score (nSPS) is 10.6. The number of hydrogen-bond donors (Lipinski definition) is 2. The number of halogens is 2. The maximum Gasteiger partial charge on any atom is 0.153 e. The molecular weight excluding hydrogens is 276 g/mol. The van der Waals surface area contributed by atoms with E-state index in [2.05, 4.69) is 9.69 Å². The summed E-state index contributed by atoms with van der Waals surface area (Å²) in [5, 5.41) is 3.79. The van der Waals surface area contributed by atoms with Crippen LogP contribution < -0.4 is 11.1 Å². The van der Waals surface area contributed by atoms with Crippen LogP contribution in [0.2, 0.25) is 0 Å². The average molecular weight is 287 g/mol. The number of nitrogens with two attached hydrogens (primary N) is 1. The first kappa shape index (κ1) is 13.1. The van der Waals surface area contributed by atoms with Gasteiger partial charge in [0.25, 0.3) is 0 Å². The number of aromatic nitrogens is 1. The molecule has 96 valence electrons. The summed E-state index contributed by atoms with van der Waals surface area (Å²) in [4.78, 5) is 0.830. The number of nitrogen functional groups attached to an aromatic ring is 1. The highest BCUT2D eigenvalue weighted by molar-refractivity contribution is 7.99. The van der Waals surface area contributed by atoms with Crippen LogP contribution in [0, 0.1) is 11.6 Å². The molecule has 3 N–H and O–H groups in total. The third-order valence-corrected chi connectivity index (χ3v) is 4.10. The largest absolute Gasteiger partial charge is 0.382 e. The molecular formula is C11H11F2N3S2. The minimum atomic E-state index is -0.456. The van der Waals surface area contributed by atoms with Gasteiger partial charge >= 0.3 is 0 Å². The number of benzene rings is 1. The van der Waals surface area contributed by atoms with Crippen molar-refractivity contribution in [1.29, 1.82) is 0 Å². The van der Waals surface area contributed by atoms with E-state index in [0.717, 1.165) is 22.0 Å². The Morgan fingerprint density at radius 1 is 1.44 bits per heavy atom. The lowest BCUT2D eigenvalue weighted by atomic mass is 10.2. The number of hydrogen-bond acceptors (Lipinski definition) is 5. The van der Waals surface area contributed by atoms with E-state index < -0.39 is 11.6 Å². The van der Waals surface area contributed by atoms with Gasteiger partial charge in [-0.05, 0) is 36.0 Å². The smallest absolute Gasteiger partial charge is 0.153 e. The van der Waals surface area contributed by atoms with Crippen molar-refractivity contribution in [3.05, 3.63) is 35.4 Å². The maximum absolute atomic E-state index is 13.4. The predicted octanol–water partition coefficient (Wildman–Crippen LogP) is 3.34. The van der Waals surface area contributed by atoms with E-state index in [0.29, 0.717) is 5.82 Å². The monoisotopic (exact) mass is 287 g/mol. The summed E-state index contributed by atoms with van der Waals surface area (Å²) < 4.78 is 30.4. The molecule has 0 radical (unpaired) electrons. The Hall–Kier alpha value is -1.34. The zero-order valence-electron chi connectivity index (χ0n) is 9.54. The van der Waals surface area contributed by atoms with Gasteiger partial charge in [0.15, 0.2) is 5.82 Å². The van der Waals surface area contributed by atoms with E-state index >= 15 is 0 Å². The van der Waals surface area contributed by atoms with Crippen molar-refractivity contribution in [3.8, 4) is 0 Å². The molecule has 0 saturated carbocycles. The quantitative estimate of drug-likeness (QED) is 0.847. The summed E-state index contributed by atoms with van der Waals surface area (Å²) in [5.41, 5.74) is 5.95. The molecule has 0 unspecified atom stereocenters. The summed E-state index contributed by atoms with van der Waals surface area (Å²) in [6.45, 7) is 0.193. The summed E-state index contributed by atoms with van der Waals surface area (Å²) >= 11 is 2.67. The van der Waals surface area contributed by atoms with Crippen LogP contribution in [0.4, 0.5) is 19.6 Å². The molecule has 0 spiro atoms. The van der Waals surface area contributed by atoms with Crippen LogP contribution in [-0.2, 0) is 6.54 Å². The van der Waals surface area contributed by atoms with Gasteiger partial charge in [-0.25, -0.2) is 8.78 Å². The highest BCUT2D eigenvalue weighted by Crippen LogP contribution is 2.34. The number of nitrogens with zero attached hydrogens (tertiary/aromatic N) is 1. The zero-order valence-corrected chi connectivity index (χ0v) is 11.2. The third kappa shape index (κ3) is 2.73. The molecule has 1 aromatic heterocycles. The highest BCUT2D eigenvalue weighted by Gasteiger charge is 2.11. The first-order valence-electron chi connectivity index (χ1n) is 5.08. The van der Waals surface area contributed by atoms with Crippen molar-refractivity contribution < 1.29 is 8.78 Å². The van der Waals surface area contributed by atoms with Gasteiger partial charge < -0.3 is 11.1 Å². The number of nitrogens with one attached hydrogen (secondary N) is 1. The molecule has 0 bridgehead atoms. The summed E-state index contributed by atoms with van der Waals surface area (Å²) in [7, 11) is 0. The van der Waals surface area contributed by atoms with Gasteiger partial charge in [0.2, 0.25) is 0 Å². The molecule has 0 fully saturated rings. The van der Waals surface area contributed by atoms with Crippen molar-refractivity contribution in [1.82, 2.24) is 4.37 Å². The van der Waals surface area contributed by atoms with E-state index in [1.54, 1.807) is 0 Å². The molecule has 18 heavy (non-hydrogen) atoms. The fraction of sp³-hybridized carbons (Fsp3) is 0.182. The van der Waals surface area contributed by atoms with Crippen molar-refractivity contribution in [2.75, 3.05) is 17.3 Å². The fourth-order valence-corrected chi connectivity index (χ4v) is 3.00. The predicted molar refractivity (Wildman–Crippen MR) is 72.0 cm³/mol. The van der Waals surface area contributed by atoms with Crippen LogP contribution in [0.3, 0.4) is 0 Å². The Labute approximate surface area is 112 Å². The lowest BCUT2D eigenvalue weighted by Crippen LogP contribution is -2.02. The Bertz CT molecular complexity index is 557. The molecule has 1 aromatic carbocycles. The molecule has 0 aliphatic carbocycles. The Kier molecular flexibility index (Phi) is 4.03. The molecule has 2 aromatic rings. The van der Waals surface area contributed by atoms with Crippen LogP contribution in [0.5, 0.6) is 0 Å². The van der Waals surface area contributed by atoms with Crippen LogP contribution in [0.15, 0.2) is 23.1 Å². The summed E-state index contributed by atoms with van der Waals surface area (Å²) in [5.74, 6) is -0.441. The van der Waals surface area contributed by atoms with Crippen molar-refractivity contribution >= 4 is 34.1 Å². The standard InChI is InChI=1S/C11H11F2N3S2/c1-17-9-10(14)16-18-11(9)15-5-6-4-7(12)2-3-8(6)13/h2-4,15H,5H2,1H3,(H2,14,16). The van der Waals surface area contributed by atoms with Gasteiger partial charge in [-0.15, -0.1) is 11.8 Å². The van der Waals surface area contributed by atoms with E-state index in [1.807, 2.05) is 6.26 Å². The van der Waals surface area contributed by atoms with Crippen LogP contribution in [0.25, 0.3) is 0 Å². The minimum absolute atomic E-state index is 0.193. The molecule has 0 amide bonds. The van der Waals surface area contributed by atoms with Crippen LogP contribution in [-0.4, -0.2) is 10.6 Å². The summed E-state index contributed by atoms with van der Waals surface area (Å²) in [6.07, 6.45) is 1.88. The van der Waals surface area contributed by atoms with E-state index in [9.17, 15) is 8.78 Å². The van der Waals surface area contributed by atoms with Crippen molar-refractivity contribution in [2.24, 2.45) is 0 Å². The molecule has 2 rings (SSSR count). The van der Waals surface area contributed by atoms with Gasteiger partial charge in [0, 0.05) is 12.1 Å². The SMILES string of the molecule is CSc1c(N)nsc1NCc1cc(F)ccc1F. The topological polar surface area (TPSA) is 50.9 Å². The van der Waals surface area contributed by atoms with E-state index in [-0.39, 0.29) is 12.1 Å². The van der Waals surface area contributed by atoms with Gasteiger partial charge in [0.1, 0.15) is 16.6 Å². The second-order valence-electron chi connectivity index (χ2n) is 3.52. The van der Waals surface area contributed by atoms with Crippen molar-refractivity contribution in [3.63, 3.8) is 0 Å². The third-order valence-electron chi connectivity index (χ3n) is 2.33. The number of thioether (sulfide) groups is 1. The van der Waals surface area contributed by atoms with E-state index in [1.165, 1.54) is 29.4 Å². The summed E-state index contributed by atoms with van der Waals surface area (Å²) in [6, 6.07) is 3.38. The molecule has 1 heterocycles. The first-order valence-corrected chi connectivity index (χ1v) is 7.08. The van der Waals surface area contributed by atoms with Crippen molar-refractivity contribution in [2.45, 2.75) is 11.4 Å². The Morgan fingerprint density at radius 2 is 2.22 bits per heavy atom. The maximum atomic E-state index is 13.4. The minimum Gasteiger partial charge on any atom is -0.382 e. The molecule has 0 atom stereocenters. The zero-order chi connectivity index (χ0) is 13.1. The van der Waals surface area contributed by atoms with E-state index in [4.69, 9.17) is 5.73 Å². The van der Waals surface area contributed by atoms with Gasteiger partial charge in [-0.2, -0.15) is 4.37 Å². The molecule has 0 saturated heterocycles. The number of anilines is 2. The lowest BCUT2D eigenvalue weighted by Gasteiger charge is -2.06. The fourth-order valence-electron chi connectivity index (χ4n) is 1.46. The second-order valence-corrected chi connectivity index (χ2v) is 5.11. The highest BCUT2D eigenvalue weighted by atomic mass is 32.2. The lowest BCUT2D eigenvalue weighted by molar-refractivity contribution is 0.587. The van der Waals surface area contributed by atoms with Gasteiger partial charge in [0.05, 0.1) is 4.90 Å². The Morgan fingerprint density at radius 3 is 2.94 bits per heavy atom. The molecule has 0 aliphatic rings. The second kappa shape index (κ2) is 5.53. The number of rotatable bonds is 4. The molecule has 7 heteroatoms. The Balaban J connectivity index is 2.13. The molecule has 0 aliphatic heterocycles. The first-order chi connectivity index (χ1) is 8.61.